The summed E-state index contributed by atoms with van der Waals surface area (Å²) in [6.07, 6.45) is 6.77. The number of piperazine rings is 1. The summed E-state index contributed by atoms with van der Waals surface area (Å²) < 4.78 is 51.9. The van der Waals surface area contributed by atoms with Crippen molar-refractivity contribution in [2.24, 2.45) is 5.41 Å². The first-order valence-electron chi connectivity index (χ1n) is 21.4. The molecule has 0 spiro atoms. The summed E-state index contributed by atoms with van der Waals surface area (Å²) in [6.45, 7) is 8.81. The molecule has 3 N–H and O–H groups in total. The Hall–Kier alpha value is -5.59. The van der Waals surface area contributed by atoms with Crippen molar-refractivity contribution in [1.29, 1.82) is 0 Å². The number of sulfonamides is 1. The zero-order valence-electron chi connectivity index (χ0n) is 36.0. The van der Waals surface area contributed by atoms with E-state index in [2.05, 4.69) is 60.9 Å². The number of allylic oxidation sites excluding steroid dienone is 1. The van der Waals surface area contributed by atoms with Gasteiger partial charge >= 0.3 is 0 Å². The van der Waals surface area contributed by atoms with Crippen molar-refractivity contribution in [3.8, 4) is 5.69 Å². The summed E-state index contributed by atoms with van der Waals surface area (Å²) in [7, 11) is -4.65. The van der Waals surface area contributed by atoms with Gasteiger partial charge in [-0.15, -0.1) is 12.4 Å². The molecule has 2 fully saturated rings. The van der Waals surface area contributed by atoms with E-state index in [4.69, 9.17) is 16.3 Å². The van der Waals surface area contributed by atoms with Gasteiger partial charge in [0.05, 0.1) is 32.8 Å². The molecule has 3 aromatic heterocycles. The first kappa shape index (κ1) is 46.0. The number of benzene rings is 3. The summed E-state index contributed by atoms with van der Waals surface area (Å²) in [5.74, 6) is -0.963. The highest BCUT2D eigenvalue weighted by atomic mass is 35.5. The van der Waals surface area contributed by atoms with E-state index in [-0.39, 0.29) is 61.7 Å². The normalized spacial score (nSPS) is 17.8. The highest BCUT2D eigenvalue weighted by Crippen LogP contribution is 2.43. The number of hydrogen-bond acceptors (Lipinski definition) is 11. The molecule has 0 bridgehead atoms. The molecule has 2 aliphatic heterocycles. The molecule has 342 valence electrons. The molecule has 0 atom stereocenters. The number of carbonyl (C=O) groups excluding carboxylic acids is 1. The number of nitro groups is 1. The van der Waals surface area contributed by atoms with Crippen LogP contribution in [0.2, 0.25) is 5.02 Å². The number of aromatic amines is 1. The number of amides is 1. The summed E-state index contributed by atoms with van der Waals surface area (Å²) in [6, 6.07) is 20.3. The number of alkyl halides is 1. The van der Waals surface area contributed by atoms with E-state index in [1.54, 1.807) is 29.2 Å². The molecule has 6 aromatic rings. The average Bonchev–Trinajstić information content (AvgIpc) is 3.92. The number of nitrogens with one attached hydrogen (secondary N) is 3. The third-order valence-corrected chi connectivity index (χ3v) is 14.3. The van der Waals surface area contributed by atoms with Crippen LogP contribution in [0.25, 0.3) is 33.3 Å². The number of nitrogens with zero attached hydrogens (tertiary/aromatic N) is 6. The van der Waals surface area contributed by atoms with Crippen molar-refractivity contribution >= 4 is 84.6 Å². The Morgan fingerprint density at radius 1 is 1.00 bits per heavy atom. The SMILES string of the molecule is CC1(C)CCC(CN2CCN(c3ccc(C(=O)NS(=O)(=O)c4ccc(NCC5(F)CCOCC5)c([N+](=O)[O-])c4)c(-n4ncc5nc6[nH]ccc6cc54)c3)CC2)=C(c2ccc(Cl)cc2)C1.Cl. The van der Waals surface area contributed by atoms with Crippen molar-refractivity contribution in [2.75, 3.05) is 62.7 Å². The summed E-state index contributed by atoms with van der Waals surface area (Å²) in [5, 5.41) is 21.1. The molecular weight excluding hydrogens is 897 g/mol. The van der Waals surface area contributed by atoms with Gasteiger partial charge in [-0.1, -0.05) is 43.2 Å². The molecule has 3 aliphatic rings. The second kappa shape index (κ2) is 18.4. The van der Waals surface area contributed by atoms with Gasteiger partial charge in [0, 0.05) is 93.7 Å². The number of pyridine rings is 1. The van der Waals surface area contributed by atoms with Crippen LogP contribution >= 0.6 is 24.0 Å². The van der Waals surface area contributed by atoms with Gasteiger partial charge in [0.25, 0.3) is 21.6 Å². The van der Waals surface area contributed by atoms with Crippen LogP contribution in [0.15, 0.2) is 95.7 Å². The number of rotatable bonds is 12. The molecule has 2 saturated heterocycles. The number of carbonyl (C=O) groups is 1. The lowest BCUT2D eigenvalue weighted by atomic mass is 9.72. The molecule has 3 aromatic carbocycles. The maximum absolute atomic E-state index is 15.3. The molecule has 0 unspecified atom stereocenters. The number of aromatic nitrogens is 4. The van der Waals surface area contributed by atoms with Crippen LogP contribution in [-0.4, -0.2) is 102 Å². The van der Waals surface area contributed by atoms with Gasteiger partial charge in [0.1, 0.15) is 22.5 Å². The fourth-order valence-electron chi connectivity index (χ4n) is 8.98. The number of anilines is 2. The van der Waals surface area contributed by atoms with Crippen LogP contribution in [0.1, 0.15) is 61.9 Å². The van der Waals surface area contributed by atoms with Crippen molar-refractivity contribution in [3.63, 3.8) is 0 Å². The van der Waals surface area contributed by atoms with Gasteiger partial charge in [-0.25, -0.2) is 27.2 Å². The number of hydrogen-bond donors (Lipinski definition) is 3. The summed E-state index contributed by atoms with van der Waals surface area (Å²) >= 11 is 6.25. The first-order chi connectivity index (χ1) is 30.6. The molecule has 9 rings (SSSR count). The van der Waals surface area contributed by atoms with E-state index in [0.717, 1.165) is 67.1 Å². The lowest BCUT2D eigenvalue weighted by molar-refractivity contribution is -0.384. The summed E-state index contributed by atoms with van der Waals surface area (Å²) in [4.78, 5) is 37.6. The Balaban J connectivity index is 0.00000576. The van der Waals surface area contributed by atoms with Gasteiger partial charge in [-0.2, -0.15) is 5.10 Å². The second-order valence-corrected chi connectivity index (χ2v) is 19.9. The van der Waals surface area contributed by atoms with Gasteiger partial charge < -0.3 is 19.9 Å². The predicted molar refractivity (Wildman–Crippen MR) is 253 cm³/mol. The van der Waals surface area contributed by atoms with Crippen molar-refractivity contribution in [3.05, 3.63) is 117 Å². The smallest absolute Gasteiger partial charge is 0.293 e. The molecule has 0 saturated carbocycles. The minimum absolute atomic E-state index is 0. The van der Waals surface area contributed by atoms with E-state index < -0.39 is 37.1 Å². The molecule has 19 heteroatoms. The number of H-pyrrole nitrogens is 1. The van der Waals surface area contributed by atoms with Crippen molar-refractivity contribution < 1.29 is 27.3 Å². The molecule has 65 heavy (non-hydrogen) atoms. The Morgan fingerprint density at radius 3 is 2.49 bits per heavy atom. The fourth-order valence-corrected chi connectivity index (χ4v) is 10.1. The lowest BCUT2D eigenvalue weighted by Gasteiger charge is -2.39. The van der Waals surface area contributed by atoms with Crippen molar-refractivity contribution in [1.82, 2.24) is 29.4 Å². The zero-order chi connectivity index (χ0) is 44.8. The third kappa shape index (κ3) is 9.84. The highest BCUT2D eigenvalue weighted by Gasteiger charge is 2.34. The van der Waals surface area contributed by atoms with E-state index >= 15 is 4.39 Å². The molecule has 5 heterocycles. The number of halogens is 3. The summed E-state index contributed by atoms with van der Waals surface area (Å²) in [5.41, 5.74) is 5.00. The van der Waals surface area contributed by atoms with Crippen LogP contribution in [0.4, 0.5) is 21.5 Å². The van der Waals surface area contributed by atoms with E-state index in [0.29, 0.717) is 35.5 Å². The van der Waals surface area contributed by atoms with Crippen LogP contribution in [0.3, 0.4) is 0 Å². The van der Waals surface area contributed by atoms with Gasteiger partial charge in [-0.3, -0.25) is 19.8 Å². The Bertz CT molecular complexity index is 2910. The van der Waals surface area contributed by atoms with Gasteiger partial charge in [0.15, 0.2) is 0 Å². The van der Waals surface area contributed by atoms with Crippen LogP contribution < -0.4 is 14.9 Å². The fraction of sp³-hybridized carbons (Fsp3) is 0.370. The lowest BCUT2D eigenvalue weighted by Crippen LogP contribution is -2.47. The Morgan fingerprint density at radius 2 is 1.75 bits per heavy atom. The van der Waals surface area contributed by atoms with Crippen LogP contribution in [0, 0.1) is 15.5 Å². The monoisotopic (exact) mass is 945 g/mol. The average molecular weight is 947 g/mol. The Kier molecular flexibility index (Phi) is 13.0. The van der Waals surface area contributed by atoms with Crippen LogP contribution in [-0.2, 0) is 14.8 Å². The first-order valence-corrected chi connectivity index (χ1v) is 23.3. The van der Waals surface area contributed by atoms with Gasteiger partial charge in [0.2, 0.25) is 0 Å². The number of fused-ring (bicyclic) bond motifs is 2. The molecule has 0 radical (unpaired) electrons. The maximum atomic E-state index is 15.3. The number of nitro benzene ring substituents is 1. The predicted octanol–water partition coefficient (Wildman–Crippen LogP) is 8.72. The van der Waals surface area contributed by atoms with E-state index in [1.165, 1.54) is 22.8 Å². The molecule has 1 aliphatic carbocycles. The third-order valence-electron chi connectivity index (χ3n) is 12.7. The minimum Gasteiger partial charge on any atom is -0.381 e. The largest absolute Gasteiger partial charge is 0.381 e. The van der Waals surface area contributed by atoms with Crippen LogP contribution in [0.5, 0.6) is 0 Å². The van der Waals surface area contributed by atoms with E-state index in [1.807, 2.05) is 30.3 Å². The number of ether oxygens (including phenoxy) is 1. The topological polar surface area (TPSA) is 181 Å². The highest BCUT2D eigenvalue weighted by molar-refractivity contribution is 7.90. The molecule has 1 amide bonds. The minimum atomic E-state index is -4.65. The van der Waals surface area contributed by atoms with E-state index in [9.17, 15) is 23.3 Å². The Labute approximate surface area is 387 Å². The quantitative estimate of drug-likeness (QED) is 0.0789. The molecule has 15 nitrogen and oxygen atoms in total. The standard InChI is InChI=1S/C46H49ClFN9O6S.ClH/c1-45(2)13-11-32(37(26-45)30-3-5-33(47)6-4-30)28-54-17-19-55(20-18-54)34-7-9-36(40(24-34)56-41-23-31-12-16-49-43(31)52-39(41)27-51-56)44(58)53-64(61,62)35-8-10-38(42(25-35)57(59)60)50-29-46(48)14-21-63-22-15-46;/h3-10,12,16,23-25,27,50H,11,13-15,17-22,26,28-29H2,1-2H3,(H,49,52)(H,53,58);1H. The van der Waals surface area contributed by atoms with Gasteiger partial charge in [-0.05, 0) is 90.4 Å². The van der Waals surface area contributed by atoms with Crippen molar-refractivity contribution in [2.45, 2.75) is 56.5 Å². The molecular formula is C46H50Cl2FN9O6S. The second-order valence-electron chi connectivity index (χ2n) is 17.7. The zero-order valence-corrected chi connectivity index (χ0v) is 38.4. The maximum Gasteiger partial charge on any atom is 0.293 e.